The molecule has 1 aliphatic carbocycles. The molecule has 20 heavy (non-hydrogen) atoms. The van der Waals surface area contributed by atoms with Gasteiger partial charge in [0.25, 0.3) is 0 Å². The van der Waals surface area contributed by atoms with Crippen LogP contribution in [0.25, 0.3) is 0 Å². The highest BCUT2D eigenvalue weighted by Crippen LogP contribution is 2.42. The maximum atomic E-state index is 12.6. The molecule has 0 radical (unpaired) electrons. The molecule has 1 unspecified atom stereocenters. The van der Waals surface area contributed by atoms with Crippen molar-refractivity contribution >= 4 is 29.6 Å². The molecule has 0 spiro atoms. The fraction of sp³-hybridized carbons (Fsp3) is 0.500. The Labute approximate surface area is 123 Å². The number of aldehydes is 1. The van der Waals surface area contributed by atoms with Crippen LogP contribution in [-0.2, 0) is 4.79 Å². The van der Waals surface area contributed by atoms with Gasteiger partial charge in [0, 0.05) is 16.5 Å². The number of hydrogen-bond donors (Lipinski definition) is 0. The first-order valence-corrected chi connectivity index (χ1v) is 8.17. The van der Waals surface area contributed by atoms with Crippen LogP contribution < -0.4 is 4.90 Å². The SMILES string of the molecule is CC1Sc2cc(C=O)ccc2N(C2CCCCC2)C1=O. The van der Waals surface area contributed by atoms with E-state index in [2.05, 4.69) is 0 Å². The Morgan fingerprint density at radius 3 is 2.70 bits per heavy atom. The lowest BCUT2D eigenvalue weighted by Gasteiger charge is -2.39. The Kier molecular flexibility index (Phi) is 3.83. The van der Waals surface area contributed by atoms with E-state index in [1.165, 1.54) is 19.3 Å². The number of rotatable bonds is 2. The van der Waals surface area contributed by atoms with E-state index in [0.717, 1.165) is 29.7 Å². The molecule has 1 aromatic rings. The number of fused-ring (bicyclic) bond motifs is 1. The van der Waals surface area contributed by atoms with E-state index in [0.29, 0.717) is 11.6 Å². The van der Waals surface area contributed by atoms with Gasteiger partial charge in [-0.1, -0.05) is 19.3 Å². The lowest BCUT2D eigenvalue weighted by Crippen LogP contribution is -2.47. The van der Waals surface area contributed by atoms with Crippen molar-refractivity contribution in [3.05, 3.63) is 23.8 Å². The van der Waals surface area contributed by atoms with Crippen molar-refractivity contribution in [2.24, 2.45) is 0 Å². The second-order valence-electron chi connectivity index (χ2n) is 5.61. The van der Waals surface area contributed by atoms with Crippen molar-refractivity contribution < 1.29 is 9.59 Å². The van der Waals surface area contributed by atoms with Gasteiger partial charge >= 0.3 is 0 Å². The third kappa shape index (κ3) is 2.37. The fourth-order valence-corrected chi connectivity index (χ4v) is 4.26. The van der Waals surface area contributed by atoms with E-state index < -0.39 is 0 Å². The van der Waals surface area contributed by atoms with E-state index >= 15 is 0 Å². The zero-order chi connectivity index (χ0) is 14.1. The number of nitrogens with zero attached hydrogens (tertiary/aromatic N) is 1. The molecule has 4 heteroatoms. The van der Waals surface area contributed by atoms with Crippen LogP contribution in [0.2, 0.25) is 0 Å². The van der Waals surface area contributed by atoms with E-state index in [-0.39, 0.29) is 11.2 Å². The van der Waals surface area contributed by atoms with E-state index in [9.17, 15) is 9.59 Å². The first-order chi connectivity index (χ1) is 9.70. The highest BCUT2D eigenvalue weighted by Gasteiger charge is 2.35. The summed E-state index contributed by atoms with van der Waals surface area (Å²) in [6.07, 6.45) is 6.75. The van der Waals surface area contributed by atoms with Crippen LogP contribution in [0.3, 0.4) is 0 Å². The van der Waals surface area contributed by atoms with Gasteiger partial charge in [0.1, 0.15) is 6.29 Å². The molecule has 1 aliphatic heterocycles. The summed E-state index contributed by atoms with van der Waals surface area (Å²) in [4.78, 5) is 26.6. The predicted molar refractivity (Wildman–Crippen MR) is 81.5 cm³/mol. The van der Waals surface area contributed by atoms with Crippen LogP contribution >= 0.6 is 11.8 Å². The van der Waals surface area contributed by atoms with Crippen molar-refractivity contribution in [1.82, 2.24) is 0 Å². The lowest BCUT2D eigenvalue weighted by atomic mass is 9.93. The summed E-state index contributed by atoms with van der Waals surface area (Å²) in [7, 11) is 0. The Morgan fingerprint density at radius 2 is 2.00 bits per heavy atom. The largest absolute Gasteiger partial charge is 0.307 e. The van der Waals surface area contributed by atoms with Crippen molar-refractivity contribution in [2.75, 3.05) is 4.90 Å². The standard InChI is InChI=1S/C16H19NO2S/c1-11-16(19)17(13-5-3-2-4-6-13)14-8-7-12(10-18)9-15(14)20-11/h7-11,13H,2-6H2,1H3. The van der Waals surface area contributed by atoms with E-state index in [1.807, 2.05) is 30.0 Å². The van der Waals surface area contributed by atoms with Crippen molar-refractivity contribution in [3.63, 3.8) is 0 Å². The first-order valence-electron chi connectivity index (χ1n) is 7.29. The van der Waals surface area contributed by atoms with Crippen LogP contribution in [-0.4, -0.2) is 23.5 Å². The Morgan fingerprint density at radius 1 is 1.25 bits per heavy atom. The minimum Gasteiger partial charge on any atom is -0.307 e. The topological polar surface area (TPSA) is 37.4 Å². The van der Waals surface area contributed by atoms with Crippen LogP contribution in [0.1, 0.15) is 49.4 Å². The monoisotopic (exact) mass is 289 g/mol. The average molecular weight is 289 g/mol. The van der Waals surface area contributed by atoms with Crippen molar-refractivity contribution in [1.29, 1.82) is 0 Å². The molecule has 3 rings (SSSR count). The molecule has 0 N–H and O–H groups in total. The summed E-state index contributed by atoms with van der Waals surface area (Å²) in [6.45, 7) is 1.96. The normalized spacial score (nSPS) is 23.6. The van der Waals surface area contributed by atoms with Gasteiger partial charge in [-0.05, 0) is 38.0 Å². The molecule has 0 bridgehead atoms. The minimum atomic E-state index is -0.0636. The maximum Gasteiger partial charge on any atom is 0.240 e. The zero-order valence-electron chi connectivity index (χ0n) is 11.7. The molecule has 0 aromatic heterocycles. The summed E-state index contributed by atoms with van der Waals surface area (Å²) in [6, 6.07) is 5.99. The quantitative estimate of drug-likeness (QED) is 0.780. The Balaban J connectivity index is 2.00. The third-order valence-electron chi connectivity index (χ3n) is 4.21. The molecule has 1 aromatic carbocycles. The van der Waals surface area contributed by atoms with Gasteiger partial charge in [-0.2, -0.15) is 0 Å². The van der Waals surface area contributed by atoms with E-state index in [4.69, 9.17) is 0 Å². The number of carbonyl (C=O) groups is 2. The summed E-state index contributed by atoms with van der Waals surface area (Å²) >= 11 is 1.57. The van der Waals surface area contributed by atoms with Crippen molar-refractivity contribution in [3.8, 4) is 0 Å². The number of hydrogen-bond acceptors (Lipinski definition) is 3. The van der Waals surface area contributed by atoms with Crippen molar-refractivity contribution in [2.45, 2.75) is 55.2 Å². The minimum absolute atomic E-state index is 0.0636. The molecule has 1 fully saturated rings. The Bertz CT molecular complexity index is 537. The number of amides is 1. The highest BCUT2D eigenvalue weighted by atomic mass is 32.2. The summed E-state index contributed by atoms with van der Waals surface area (Å²) < 4.78 is 0. The van der Waals surface area contributed by atoms with Gasteiger partial charge in [-0.3, -0.25) is 9.59 Å². The van der Waals surface area contributed by atoms with Gasteiger partial charge in [0.2, 0.25) is 5.91 Å². The Hall–Kier alpha value is -1.29. The predicted octanol–water partition coefficient (Wildman–Crippen LogP) is 3.66. The summed E-state index contributed by atoms with van der Waals surface area (Å²) in [5, 5.41) is -0.0636. The molecule has 3 nitrogen and oxygen atoms in total. The number of anilines is 1. The smallest absolute Gasteiger partial charge is 0.240 e. The third-order valence-corrected chi connectivity index (χ3v) is 5.34. The number of benzene rings is 1. The number of thioether (sulfide) groups is 1. The van der Waals surface area contributed by atoms with Crippen LogP contribution in [0.4, 0.5) is 5.69 Å². The van der Waals surface area contributed by atoms with E-state index in [1.54, 1.807) is 11.8 Å². The fourth-order valence-electron chi connectivity index (χ4n) is 3.17. The zero-order valence-corrected chi connectivity index (χ0v) is 12.5. The first kappa shape index (κ1) is 13.7. The van der Waals surface area contributed by atoms with Crippen LogP contribution in [0.15, 0.2) is 23.1 Å². The molecule has 1 heterocycles. The highest BCUT2D eigenvalue weighted by molar-refractivity contribution is 8.01. The molecule has 1 amide bonds. The van der Waals surface area contributed by atoms with Crippen LogP contribution in [0.5, 0.6) is 0 Å². The van der Waals surface area contributed by atoms with Gasteiger partial charge < -0.3 is 4.90 Å². The second-order valence-corrected chi connectivity index (χ2v) is 6.99. The number of carbonyl (C=O) groups excluding carboxylic acids is 2. The summed E-state index contributed by atoms with van der Waals surface area (Å²) in [5.74, 6) is 0.216. The second kappa shape index (κ2) is 5.60. The van der Waals surface area contributed by atoms with Gasteiger partial charge in [0.05, 0.1) is 10.9 Å². The molecule has 106 valence electrons. The molecule has 1 saturated carbocycles. The van der Waals surface area contributed by atoms with Gasteiger partial charge in [0.15, 0.2) is 0 Å². The molecular weight excluding hydrogens is 270 g/mol. The van der Waals surface area contributed by atoms with Gasteiger partial charge in [-0.15, -0.1) is 11.8 Å². The summed E-state index contributed by atoms with van der Waals surface area (Å²) in [5.41, 5.74) is 1.68. The maximum absolute atomic E-state index is 12.6. The van der Waals surface area contributed by atoms with Gasteiger partial charge in [-0.25, -0.2) is 0 Å². The molecular formula is C16H19NO2S. The molecule has 0 saturated heterocycles. The lowest BCUT2D eigenvalue weighted by molar-refractivity contribution is -0.118. The van der Waals surface area contributed by atoms with Crippen LogP contribution in [0, 0.1) is 0 Å². The molecule has 2 aliphatic rings. The molecule has 1 atom stereocenters. The average Bonchev–Trinajstić information content (AvgIpc) is 2.49.